The first-order valence-electron chi connectivity index (χ1n) is 7.73. The summed E-state index contributed by atoms with van der Waals surface area (Å²) in [5, 5.41) is 6.81. The molecule has 6 nitrogen and oxygen atoms in total. The van der Waals surface area contributed by atoms with Crippen molar-refractivity contribution in [2.75, 3.05) is 4.90 Å². The lowest BCUT2D eigenvalue weighted by Gasteiger charge is -2.18. The van der Waals surface area contributed by atoms with Crippen LogP contribution in [-0.2, 0) is 14.8 Å². The van der Waals surface area contributed by atoms with Crippen molar-refractivity contribution in [3.63, 3.8) is 0 Å². The maximum absolute atomic E-state index is 12.9. The first-order chi connectivity index (χ1) is 12.8. The number of carbonyl (C=O) groups excluding carboxylic acids is 2. The summed E-state index contributed by atoms with van der Waals surface area (Å²) in [5.41, 5.74) is 2.01. The molecule has 0 bridgehead atoms. The highest BCUT2D eigenvalue weighted by Gasteiger charge is 2.21. The van der Waals surface area contributed by atoms with E-state index in [4.69, 9.17) is 5.14 Å². The summed E-state index contributed by atoms with van der Waals surface area (Å²) < 4.78 is 22.8. The molecule has 0 saturated heterocycles. The Kier molecular flexibility index (Phi) is 5.22. The number of rotatable bonds is 6. The minimum absolute atomic E-state index is 0.0639. The Labute approximate surface area is 160 Å². The van der Waals surface area contributed by atoms with E-state index < -0.39 is 10.0 Å². The monoisotopic (exact) mass is 399 g/mol. The van der Waals surface area contributed by atoms with Crippen molar-refractivity contribution in [2.24, 2.45) is 5.14 Å². The number of anilines is 2. The fourth-order valence-electron chi connectivity index (χ4n) is 2.56. The van der Waals surface area contributed by atoms with Gasteiger partial charge in [-0.25, -0.2) is 13.6 Å². The number of nitrogens with two attached hydrogens (primary N) is 1. The Hall–Kier alpha value is -2.81. The third kappa shape index (κ3) is 3.97. The standard InChI is InChI=1S/C19H15N2O4S2/c1-13-3-2-4-14(11-13)18(23)19-17(9-10-26-19)21(12-22)15-5-7-16(8-6-15)27(20,24)25/h2-12H,1H2,(H2,20,24,25). The van der Waals surface area contributed by atoms with Gasteiger partial charge in [0, 0.05) is 11.3 Å². The highest BCUT2D eigenvalue weighted by molar-refractivity contribution is 7.89. The van der Waals surface area contributed by atoms with Crippen molar-refractivity contribution in [1.82, 2.24) is 0 Å². The molecule has 0 unspecified atom stereocenters. The molecule has 3 rings (SSSR count). The fraction of sp³-hybridized carbons (Fsp3) is 0. The van der Waals surface area contributed by atoms with Crippen LogP contribution in [-0.4, -0.2) is 20.6 Å². The van der Waals surface area contributed by atoms with E-state index in [0.29, 0.717) is 33.8 Å². The smallest absolute Gasteiger partial charge is 0.238 e. The third-order valence-electron chi connectivity index (χ3n) is 3.85. The van der Waals surface area contributed by atoms with Crippen LogP contribution in [0.2, 0.25) is 0 Å². The highest BCUT2D eigenvalue weighted by Crippen LogP contribution is 2.33. The second-order valence-corrected chi connectivity index (χ2v) is 8.16. The molecule has 27 heavy (non-hydrogen) atoms. The van der Waals surface area contributed by atoms with Gasteiger partial charge >= 0.3 is 0 Å². The highest BCUT2D eigenvalue weighted by atomic mass is 32.2. The number of ketones is 1. The van der Waals surface area contributed by atoms with Crippen LogP contribution in [0.25, 0.3) is 0 Å². The van der Waals surface area contributed by atoms with Gasteiger partial charge in [-0.15, -0.1) is 11.3 Å². The van der Waals surface area contributed by atoms with Crippen LogP contribution in [0.4, 0.5) is 11.4 Å². The fourth-order valence-corrected chi connectivity index (χ4v) is 3.92. The molecule has 2 aromatic carbocycles. The molecule has 0 aliphatic rings. The van der Waals surface area contributed by atoms with Gasteiger partial charge in [0.15, 0.2) is 0 Å². The first-order valence-corrected chi connectivity index (χ1v) is 10.2. The number of benzene rings is 2. The molecule has 0 atom stereocenters. The predicted octanol–water partition coefficient (Wildman–Crippen LogP) is 3.10. The van der Waals surface area contributed by atoms with Gasteiger partial charge in [-0.1, -0.05) is 18.2 Å². The largest absolute Gasteiger partial charge is 0.288 e. The number of sulfonamides is 1. The van der Waals surface area contributed by atoms with E-state index in [2.05, 4.69) is 6.92 Å². The zero-order chi connectivity index (χ0) is 19.6. The first kappa shape index (κ1) is 19.0. The molecule has 1 aromatic heterocycles. The van der Waals surface area contributed by atoms with Gasteiger partial charge < -0.3 is 0 Å². The van der Waals surface area contributed by atoms with Gasteiger partial charge in [-0.05, 0) is 54.3 Å². The lowest BCUT2D eigenvalue weighted by molar-refractivity contribution is -0.106. The van der Waals surface area contributed by atoms with Crippen LogP contribution in [0.3, 0.4) is 0 Å². The van der Waals surface area contributed by atoms with Gasteiger partial charge in [0.2, 0.25) is 22.2 Å². The van der Waals surface area contributed by atoms with E-state index in [1.54, 1.807) is 35.7 Å². The number of hydrogen-bond acceptors (Lipinski definition) is 5. The van der Waals surface area contributed by atoms with Gasteiger partial charge in [-0.2, -0.15) is 0 Å². The van der Waals surface area contributed by atoms with Crippen molar-refractivity contribution < 1.29 is 18.0 Å². The van der Waals surface area contributed by atoms with Crippen LogP contribution < -0.4 is 10.0 Å². The van der Waals surface area contributed by atoms with Crippen molar-refractivity contribution in [3.05, 3.63) is 82.9 Å². The number of hydrogen-bond donors (Lipinski definition) is 1. The average molecular weight is 399 g/mol. The van der Waals surface area contributed by atoms with Crippen LogP contribution in [0, 0.1) is 6.92 Å². The van der Waals surface area contributed by atoms with Crippen LogP contribution in [0.1, 0.15) is 20.8 Å². The van der Waals surface area contributed by atoms with Gasteiger partial charge in [0.1, 0.15) is 0 Å². The summed E-state index contributed by atoms with van der Waals surface area (Å²) in [6, 6.07) is 14.1. The summed E-state index contributed by atoms with van der Waals surface area (Å²) in [6.45, 7) is 3.82. The summed E-state index contributed by atoms with van der Waals surface area (Å²) in [7, 11) is -3.83. The van der Waals surface area contributed by atoms with E-state index in [1.165, 1.54) is 40.5 Å². The Bertz CT molecular complexity index is 1100. The summed E-state index contributed by atoms with van der Waals surface area (Å²) in [6.07, 6.45) is 0.572. The topological polar surface area (TPSA) is 97.5 Å². The molecule has 3 aromatic rings. The maximum Gasteiger partial charge on any atom is 0.238 e. The molecule has 8 heteroatoms. The van der Waals surface area contributed by atoms with E-state index in [1.807, 2.05) is 0 Å². The minimum Gasteiger partial charge on any atom is -0.288 e. The zero-order valence-electron chi connectivity index (χ0n) is 14.0. The molecule has 2 N–H and O–H groups in total. The Morgan fingerprint density at radius 3 is 2.41 bits per heavy atom. The molecular weight excluding hydrogens is 384 g/mol. The van der Waals surface area contributed by atoms with E-state index in [0.717, 1.165) is 0 Å². The molecule has 1 heterocycles. The maximum atomic E-state index is 12.9. The quantitative estimate of drug-likeness (QED) is 0.509. The molecular formula is C19H15N2O4S2. The van der Waals surface area contributed by atoms with Crippen molar-refractivity contribution >= 4 is 44.9 Å². The summed E-state index contributed by atoms with van der Waals surface area (Å²) in [4.78, 5) is 26.2. The van der Waals surface area contributed by atoms with Gasteiger partial charge in [-0.3, -0.25) is 14.5 Å². The van der Waals surface area contributed by atoms with Crippen molar-refractivity contribution in [2.45, 2.75) is 4.90 Å². The summed E-state index contributed by atoms with van der Waals surface area (Å²) >= 11 is 1.22. The van der Waals surface area contributed by atoms with Crippen molar-refractivity contribution in [1.29, 1.82) is 0 Å². The molecule has 0 aliphatic carbocycles. The van der Waals surface area contributed by atoms with Crippen molar-refractivity contribution in [3.8, 4) is 0 Å². The number of carbonyl (C=O) groups is 2. The molecule has 0 saturated carbocycles. The number of thiophene rings is 1. The molecule has 0 aliphatic heterocycles. The van der Waals surface area contributed by atoms with Gasteiger partial charge in [0.05, 0.1) is 15.5 Å². The third-order valence-corrected chi connectivity index (χ3v) is 5.68. The van der Waals surface area contributed by atoms with Gasteiger partial charge in [0.25, 0.3) is 0 Å². The molecule has 0 spiro atoms. The lowest BCUT2D eigenvalue weighted by Crippen LogP contribution is -2.17. The molecule has 1 radical (unpaired) electrons. The minimum atomic E-state index is -3.83. The average Bonchev–Trinajstić information content (AvgIpc) is 3.11. The van der Waals surface area contributed by atoms with E-state index in [9.17, 15) is 18.0 Å². The summed E-state index contributed by atoms with van der Waals surface area (Å²) in [5.74, 6) is -0.224. The normalized spacial score (nSPS) is 11.2. The molecule has 0 fully saturated rings. The SMILES string of the molecule is [CH2]c1cccc(C(=O)c2sccc2N(C=O)c2ccc(S(N)(=O)=O)cc2)c1. The number of amides is 1. The van der Waals surface area contributed by atoms with E-state index in [-0.39, 0.29) is 10.7 Å². The zero-order valence-corrected chi connectivity index (χ0v) is 15.7. The predicted molar refractivity (Wildman–Crippen MR) is 105 cm³/mol. The van der Waals surface area contributed by atoms with Crippen LogP contribution in [0.15, 0.2) is 64.9 Å². The second-order valence-electron chi connectivity index (χ2n) is 5.68. The number of nitrogens with zero attached hydrogens (tertiary/aromatic N) is 1. The number of primary sulfonamides is 1. The Balaban J connectivity index is 2.00. The molecule has 137 valence electrons. The Morgan fingerprint density at radius 1 is 1.11 bits per heavy atom. The molecule has 1 amide bonds. The second kappa shape index (κ2) is 7.43. The van der Waals surface area contributed by atoms with E-state index >= 15 is 0 Å². The van der Waals surface area contributed by atoms with Crippen LogP contribution >= 0.6 is 11.3 Å². The lowest BCUT2D eigenvalue weighted by atomic mass is 10.1. The Morgan fingerprint density at radius 2 is 1.81 bits per heavy atom. The van der Waals surface area contributed by atoms with Crippen LogP contribution in [0.5, 0.6) is 0 Å².